The van der Waals surface area contributed by atoms with Crippen molar-refractivity contribution < 1.29 is 9.47 Å². The van der Waals surface area contributed by atoms with Gasteiger partial charge in [0.05, 0.1) is 13.2 Å². The van der Waals surface area contributed by atoms with Crippen molar-refractivity contribution in [2.24, 2.45) is 34.5 Å². The van der Waals surface area contributed by atoms with Crippen molar-refractivity contribution in [1.82, 2.24) is 0 Å². The Kier molecular flexibility index (Phi) is 10.9. The first-order valence-corrected chi connectivity index (χ1v) is 11.9. The molecule has 1 aliphatic carbocycles. The third-order valence-electron chi connectivity index (χ3n) is 7.94. The fraction of sp³-hybridized carbons (Fsp3) is 1.00. The second-order valence-electron chi connectivity index (χ2n) is 10.0. The normalized spacial score (nSPS) is 17.4. The Morgan fingerprint density at radius 1 is 0.704 bits per heavy atom. The average molecular weight is 383 g/mol. The van der Waals surface area contributed by atoms with Crippen LogP contribution in [0.3, 0.4) is 0 Å². The maximum Gasteiger partial charge on any atom is 0.0547 e. The zero-order chi connectivity index (χ0) is 20.5. The molecule has 0 spiro atoms. The van der Waals surface area contributed by atoms with Gasteiger partial charge in [0.25, 0.3) is 0 Å². The quantitative estimate of drug-likeness (QED) is 0.331. The zero-order valence-corrected chi connectivity index (χ0v) is 19.9. The van der Waals surface area contributed by atoms with E-state index in [9.17, 15) is 0 Å². The van der Waals surface area contributed by atoms with Crippen LogP contribution in [0.25, 0.3) is 0 Å². The van der Waals surface area contributed by atoms with E-state index in [4.69, 9.17) is 9.47 Å². The molecule has 1 aliphatic rings. The topological polar surface area (TPSA) is 18.5 Å². The Balaban J connectivity index is 3.14. The Hall–Kier alpha value is -0.0800. The largest absolute Gasteiger partial charge is 0.381 e. The minimum Gasteiger partial charge on any atom is -0.381 e. The van der Waals surface area contributed by atoms with Crippen molar-refractivity contribution in [3.63, 3.8) is 0 Å². The van der Waals surface area contributed by atoms with Gasteiger partial charge in [0.2, 0.25) is 0 Å². The lowest BCUT2D eigenvalue weighted by atomic mass is 9.56. The fourth-order valence-electron chi connectivity index (χ4n) is 6.28. The van der Waals surface area contributed by atoms with Gasteiger partial charge < -0.3 is 9.47 Å². The summed E-state index contributed by atoms with van der Waals surface area (Å²) in [5.41, 5.74) is 0.578. The lowest BCUT2D eigenvalue weighted by molar-refractivity contribution is -0.0814. The lowest BCUT2D eigenvalue weighted by Gasteiger charge is -2.49. The van der Waals surface area contributed by atoms with E-state index in [0.717, 1.165) is 32.3 Å². The minimum absolute atomic E-state index is 0.191. The van der Waals surface area contributed by atoms with Crippen molar-refractivity contribution in [3.8, 4) is 0 Å². The summed E-state index contributed by atoms with van der Waals surface area (Å²) >= 11 is 0. The summed E-state index contributed by atoms with van der Waals surface area (Å²) in [6.07, 6.45) is 9.42. The van der Waals surface area contributed by atoms with Crippen LogP contribution >= 0.6 is 0 Å². The van der Waals surface area contributed by atoms with Gasteiger partial charge in [0.15, 0.2) is 0 Å². The van der Waals surface area contributed by atoms with Crippen molar-refractivity contribution in [3.05, 3.63) is 0 Å². The van der Waals surface area contributed by atoms with Crippen LogP contribution in [0.4, 0.5) is 0 Å². The van der Waals surface area contributed by atoms with Crippen LogP contribution in [-0.2, 0) is 9.47 Å². The molecule has 0 bridgehead atoms. The van der Waals surface area contributed by atoms with E-state index in [1.165, 1.54) is 44.9 Å². The first kappa shape index (κ1) is 25.0. The second-order valence-corrected chi connectivity index (χ2v) is 10.0. The van der Waals surface area contributed by atoms with Crippen LogP contribution < -0.4 is 0 Å². The van der Waals surface area contributed by atoms with Gasteiger partial charge in [-0.25, -0.2) is 0 Å². The predicted molar refractivity (Wildman–Crippen MR) is 118 cm³/mol. The van der Waals surface area contributed by atoms with Gasteiger partial charge in [-0.1, -0.05) is 60.8 Å². The second kappa shape index (κ2) is 11.8. The first-order chi connectivity index (χ1) is 12.8. The third-order valence-corrected chi connectivity index (χ3v) is 7.94. The maximum absolute atomic E-state index is 6.12. The highest BCUT2D eigenvalue weighted by Crippen LogP contribution is 2.51. The van der Waals surface area contributed by atoms with Crippen LogP contribution in [0.1, 0.15) is 100 Å². The highest BCUT2D eigenvalue weighted by atomic mass is 16.5. The molecule has 0 amide bonds. The molecule has 1 fully saturated rings. The van der Waals surface area contributed by atoms with Gasteiger partial charge in [-0.2, -0.15) is 0 Å². The first-order valence-electron chi connectivity index (χ1n) is 11.9. The summed E-state index contributed by atoms with van der Waals surface area (Å²) in [4.78, 5) is 0. The van der Waals surface area contributed by atoms with Crippen LogP contribution in [0.15, 0.2) is 0 Å². The number of hydrogen-bond acceptors (Lipinski definition) is 2. The predicted octanol–water partition coefficient (Wildman–Crippen LogP) is 7.36. The summed E-state index contributed by atoms with van der Waals surface area (Å²) < 4.78 is 12.2. The Morgan fingerprint density at radius 3 is 1.52 bits per heavy atom. The highest BCUT2D eigenvalue weighted by molar-refractivity contribution is 4.94. The Labute approximate surface area is 171 Å². The number of hydrogen-bond donors (Lipinski definition) is 0. The molecule has 0 radical (unpaired) electrons. The Morgan fingerprint density at radius 2 is 1.15 bits per heavy atom. The van der Waals surface area contributed by atoms with Gasteiger partial charge in [-0.15, -0.1) is 0 Å². The van der Waals surface area contributed by atoms with Crippen molar-refractivity contribution in [2.45, 2.75) is 100 Å². The molecule has 162 valence electrons. The molecule has 2 nitrogen and oxygen atoms in total. The van der Waals surface area contributed by atoms with Gasteiger partial charge in [-0.3, -0.25) is 0 Å². The number of rotatable bonds is 13. The van der Waals surface area contributed by atoms with E-state index in [1.54, 1.807) is 0 Å². The SMILES string of the molecule is CCOCC(CCC(C(C)C)(C(C)C)C(C)C)(COCC)C1CCCCC1. The van der Waals surface area contributed by atoms with Crippen molar-refractivity contribution >= 4 is 0 Å². The van der Waals surface area contributed by atoms with Crippen molar-refractivity contribution in [1.29, 1.82) is 0 Å². The van der Waals surface area contributed by atoms with E-state index >= 15 is 0 Å². The van der Waals surface area contributed by atoms with Gasteiger partial charge in [-0.05, 0) is 68.6 Å². The summed E-state index contributed by atoms with van der Waals surface area (Å²) in [5, 5.41) is 0. The molecule has 1 saturated carbocycles. The monoisotopic (exact) mass is 382 g/mol. The molecule has 0 N–H and O–H groups in total. The molecule has 0 aromatic rings. The molecular weight excluding hydrogens is 332 g/mol. The molecule has 2 heteroatoms. The molecule has 0 heterocycles. The molecular formula is C25H50O2. The summed E-state index contributed by atoms with van der Waals surface area (Å²) in [6.45, 7) is 22.3. The molecule has 1 rings (SSSR count). The maximum atomic E-state index is 6.12. The molecule has 0 unspecified atom stereocenters. The van der Waals surface area contributed by atoms with Gasteiger partial charge >= 0.3 is 0 Å². The van der Waals surface area contributed by atoms with Gasteiger partial charge in [0.1, 0.15) is 0 Å². The number of ether oxygens (including phenoxy) is 2. The molecule has 0 saturated heterocycles. The van der Waals surface area contributed by atoms with Crippen LogP contribution in [0, 0.1) is 34.5 Å². The fourth-order valence-corrected chi connectivity index (χ4v) is 6.28. The average Bonchev–Trinajstić information content (AvgIpc) is 2.63. The molecule has 27 heavy (non-hydrogen) atoms. The standard InChI is InChI=1S/C25H50O2/c1-9-26-18-24(19-27-10-2,23-14-12-11-13-15-23)16-17-25(20(3)4,21(5)6)22(7)8/h20-23H,9-19H2,1-8H3. The van der Waals surface area contributed by atoms with E-state index in [2.05, 4.69) is 55.4 Å². The minimum atomic E-state index is 0.191. The third kappa shape index (κ3) is 6.20. The lowest BCUT2D eigenvalue weighted by Crippen LogP contribution is -2.45. The Bertz CT molecular complexity index is 350. The van der Waals surface area contributed by atoms with Crippen LogP contribution in [-0.4, -0.2) is 26.4 Å². The smallest absolute Gasteiger partial charge is 0.0547 e. The summed E-state index contributed by atoms with van der Waals surface area (Å²) in [7, 11) is 0. The van der Waals surface area contributed by atoms with Gasteiger partial charge in [0, 0.05) is 18.6 Å². The molecule has 0 aliphatic heterocycles. The van der Waals surface area contributed by atoms with E-state index in [-0.39, 0.29) is 5.41 Å². The molecule has 0 aromatic heterocycles. The van der Waals surface area contributed by atoms with Crippen LogP contribution in [0.2, 0.25) is 0 Å². The van der Waals surface area contributed by atoms with E-state index in [1.807, 2.05) is 0 Å². The highest BCUT2D eigenvalue weighted by Gasteiger charge is 2.45. The van der Waals surface area contributed by atoms with E-state index in [0.29, 0.717) is 23.2 Å². The van der Waals surface area contributed by atoms with Crippen LogP contribution in [0.5, 0.6) is 0 Å². The van der Waals surface area contributed by atoms with Crippen molar-refractivity contribution in [2.75, 3.05) is 26.4 Å². The summed E-state index contributed by atoms with van der Waals surface area (Å²) in [5.74, 6) is 2.84. The molecule has 0 aromatic carbocycles. The molecule has 0 atom stereocenters. The zero-order valence-electron chi connectivity index (χ0n) is 19.9. The van der Waals surface area contributed by atoms with E-state index < -0.39 is 0 Å². The summed E-state index contributed by atoms with van der Waals surface area (Å²) in [6, 6.07) is 0.